The number of hydrogen-bond acceptors (Lipinski definition) is 3. The molecule has 22 heavy (non-hydrogen) atoms. The number of benzene rings is 1. The highest BCUT2D eigenvalue weighted by Gasteiger charge is 2.18. The lowest BCUT2D eigenvalue weighted by Crippen LogP contribution is -2.34. The van der Waals surface area contributed by atoms with Gasteiger partial charge in [-0.15, -0.1) is 0 Å². The molecule has 0 fully saturated rings. The van der Waals surface area contributed by atoms with E-state index < -0.39 is 10.0 Å². The van der Waals surface area contributed by atoms with Gasteiger partial charge in [-0.2, -0.15) is 0 Å². The maximum Gasteiger partial charge on any atom is 0.232 e. The summed E-state index contributed by atoms with van der Waals surface area (Å²) in [5.41, 5.74) is 1.74. The summed E-state index contributed by atoms with van der Waals surface area (Å²) in [5, 5.41) is 2.75. The van der Waals surface area contributed by atoms with Crippen LogP contribution in [0, 0.1) is 0 Å². The van der Waals surface area contributed by atoms with E-state index >= 15 is 0 Å². The fraction of sp³-hybridized carbons (Fsp3) is 0.562. The number of nitrogens with one attached hydrogen (secondary N) is 1. The number of anilines is 1. The minimum atomic E-state index is -3.41. The summed E-state index contributed by atoms with van der Waals surface area (Å²) in [6.45, 7) is 6.90. The van der Waals surface area contributed by atoms with E-state index in [0.29, 0.717) is 18.2 Å². The molecule has 0 atom stereocenters. The Labute approximate surface area is 133 Å². The van der Waals surface area contributed by atoms with Crippen LogP contribution in [0.3, 0.4) is 0 Å². The summed E-state index contributed by atoms with van der Waals surface area (Å²) in [5.74, 6) is 0.259. The minimum Gasteiger partial charge on any atom is -0.356 e. The third-order valence-corrected chi connectivity index (χ3v) is 4.56. The molecule has 0 aromatic heterocycles. The molecule has 0 heterocycles. The summed E-state index contributed by atoms with van der Waals surface area (Å²) >= 11 is 0. The topological polar surface area (TPSA) is 66.5 Å². The molecule has 1 N–H and O–H groups in total. The summed E-state index contributed by atoms with van der Waals surface area (Å²) in [6.07, 6.45) is 2.17. The van der Waals surface area contributed by atoms with E-state index in [1.54, 1.807) is 12.1 Å². The first-order chi connectivity index (χ1) is 10.3. The highest BCUT2D eigenvalue weighted by molar-refractivity contribution is 7.92. The average Bonchev–Trinajstić information content (AvgIpc) is 2.44. The predicted octanol–water partition coefficient (Wildman–Crippen LogP) is 2.49. The monoisotopic (exact) mass is 326 g/mol. The van der Waals surface area contributed by atoms with Gasteiger partial charge in [0.2, 0.25) is 15.9 Å². The van der Waals surface area contributed by atoms with Crippen molar-refractivity contribution in [2.24, 2.45) is 0 Å². The molecule has 0 spiro atoms. The molecule has 0 aliphatic heterocycles. The Balaban J connectivity index is 2.83. The van der Waals surface area contributed by atoms with E-state index in [9.17, 15) is 13.2 Å². The van der Waals surface area contributed by atoms with Gasteiger partial charge in [0.25, 0.3) is 0 Å². The van der Waals surface area contributed by atoms with Crippen molar-refractivity contribution in [2.45, 2.75) is 39.5 Å². The van der Waals surface area contributed by atoms with Crippen LogP contribution in [-0.4, -0.2) is 33.7 Å². The number of hydrogen-bond donors (Lipinski definition) is 1. The quantitative estimate of drug-likeness (QED) is 0.798. The molecule has 0 bridgehead atoms. The van der Waals surface area contributed by atoms with Crippen LogP contribution in [0.2, 0.25) is 0 Å². The fourth-order valence-electron chi connectivity index (χ4n) is 2.07. The van der Waals surface area contributed by atoms with Crippen LogP contribution in [0.15, 0.2) is 24.3 Å². The first-order valence-electron chi connectivity index (χ1n) is 7.60. The zero-order valence-corrected chi connectivity index (χ0v) is 14.6. The average molecular weight is 326 g/mol. The van der Waals surface area contributed by atoms with E-state index in [1.807, 2.05) is 19.1 Å². The van der Waals surface area contributed by atoms with Gasteiger partial charge in [-0.05, 0) is 30.0 Å². The second-order valence-electron chi connectivity index (χ2n) is 5.68. The van der Waals surface area contributed by atoms with Crippen molar-refractivity contribution in [3.63, 3.8) is 0 Å². The van der Waals surface area contributed by atoms with E-state index in [1.165, 1.54) is 4.31 Å². The molecule has 6 heteroatoms. The van der Waals surface area contributed by atoms with E-state index in [-0.39, 0.29) is 18.9 Å². The first-order valence-corrected chi connectivity index (χ1v) is 9.45. The highest BCUT2D eigenvalue weighted by atomic mass is 32.2. The molecule has 124 valence electrons. The standard InChI is InChI=1S/C16H26N2O3S/c1-5-11-17-16(19)10-12-18(22(4,20)21)15-8-6-14(7-9-15)13(2)3/h6-9,13H,5,10-12H2,1-4H3,(H,17,19). The van der Waals surface area contributed by atoms with Crippen molar-refractivity contribution in [1.29, 1.82) is 0 Å². The Morgan fingerprint density at radius 2 is 1.82 bits per heavy atom. The van der Waals surface area contributed by atoms with Crippen LogP contribution in [0.5, 0.6) is 0 Å². The third kappa shape index (κ3) is 5.67. The zero-order valence-electron chi connectivity index (χ0n) is 13.8. The smallest absolute Gasteiger partial charge is 0.232 e. The summed E-state index contributed by atoms with van der Waals surface area (Å²) < 4.78 is 25.2. The van der Waals surface area contributed by atoms with Crippen molar-refractivity contribution >= 4 is 21.6 Å². The molecule has 0 saturated heterocycles. The number of carbonyl (C=O) groups is 1. The number of nitrogens with zero attached hydrogens (tertiary/aromatic N) is 1. The van der Waals surface area contributed by atoms with Crippen molar-refractivity contribution in [2.75, 3.05) is 23.7 Å². The van der Waals surface area contributed by atoms with Gasteiger partial charge in [0.05, 0.1) is 11.9 Å². The van der Waals surface area contributed by atoms with Crippen LogP contribution >= 0.6 is 0 Å². The van der Waals surface area contributed by atoms with Crippen LogP contribution in [-0.2, 0) is 14.8 Å². The summed E-state index contributed by atoms with van der Waals surface area (Å²) in [4.78, 5) is 11.7. The van der Waals surface area contributed by atoms with Gasteiger partial charge in [-0.25, -0.2) is 8.42 Å². The van der Waals surface area contributed by atoms with Crippen molar-refractivity contribution in [3.8, 4) is 0 Å². The van der Waals surface area contributed by atoms with E-state index in [4.69, 9.17) is 0 Å². The molecule has 0 radical (unpaired) electrons. The number of amides is 1. The van der Waals surface area contributed by atoms with Crippen LogP contribution < -0.4 is 9.62 Å². The first kappa shape index (κ1) is 18.5. The number of rotatable bonds is 8. The molecular weight excluding hydrogens is 300 g/mol. The van der Waals surface area contributed by atoms with Crippen molar-refractivity contribution in [3.05, 3.63) is 29.8 Å². The summed E-state index contributed by atoms with van der Waals surface area (Å²) in [7, 11) is -3.41. The SMILES string of the molecule is CCCNC(=O)CCN(c1ccc(C(C)C)cc1)S(C)(=O)=O. The molecule has 1 rings (SSSR count). The number of sulfonamides is 1. The molecular formula is C16H26N2O3S. The maximum absolute atomic E-state index is 12.0. The van der Waals surface area contributed by atoms with Gasteiger partial charge in [0, 0.05) is 19.5 Å². The van der Waals surface area contributed by atoms with Crippen LogP contribution in [0.4, 0.5) is 5.69 Å². The lowest BCUT2D eigenvalue weighted by Gasteiger charge is -2.22. The molecule has 0 unspecified atom stereocenters. The Hall–Kier alpha value is -1.56. The number of carbonyl (C=O) groups excluding carboxylic acids is 1. The lowest BCUT2D eigenvalue weighted by atomic mass is 10.0. The molecule has 1 amide bonds. The lowest BCUT2D eigenvalue weighted by molar-refractivity contribution is -0.120. The molecule has 0 saturated carbocycles. The Kier molecular flexibility index (Phi) is 6.87. The van der Waals surface area contributed by atoms with Gasteiger partial charge in [-0.1, -0.05) is 32.9 Å². The van der Waals surface area contributed by atoms with E-state index in [0.717, 1.165) is 18.2 Å². The van der Waals surface area contributed by atoms with Gasteiger partial charge in [-0.3, -0.25) is 9.10 Å². The maximum atomic E-state index is 12.0. The highest BCUT2D eigenvalue weighted by Crippen LogP contribution is 2.22. The molecule has 1 aromatic carbocycles. The minimum absolute atomic E-state index is 0.130. The Morgan fingerprint density at radius 1 is 1.23 bits per heavy atom. The van der Waals surface area contributed by atoms with Crippen LogP contribution in [0.25, 0.3) is 0 Å². The van der Waals surface area contributed by atoms with Gasteiger partial charge in [0.1, 0.15) is 0 Å². The molecule has 0 aliphatic rings. The normalized spacial score (nSPS) is 11.5. The van der Waals surface area contributed by atoms with Crippen LogP contribution in [0.1, 0.15) is 45.1 Å². The van der Waals surface area contributed by atoms with Crippen molar-refractivity contribution < 1.29 is 13.2 Å². The van der Waals surface area contributed by atoms with Crippen molar-refractivity contribution in [1.82, 2.24) is 5.32 Å². The predicted molar refractivity (Wildman–Crippen MR) is 90.6 cm³/mol. The largest absolute Gasteiger partial charge is 0.356 e. The molecule has 1 aromatic rings. The zero-order chi connectivity index (χ0) is 16.8. The molecule has 5 nitrogen and oxygen atoms in total. The third-order valence-electron chi connectivity index (χ3n) is 3.36. The molecule has 0 aliphatic carbocycles. The Morgan fingerprint density at radius 3 is 2.27 bits per heavy atom. The Bertz CT molecular complexity index is 580. The second-order valence-corrected chi connectivity index (χ2v) is 7.59. The fourth-order valence-corrected chi connectivity index (χ4v) is 3.00. The van der Waals surface area contributed by atoms with E-state index in [2.05, 4.69) is 19.2 Å². The van der Waals surface area contributed by atoms with Gasteiger partial charge in [0.15, 0.2) is 0 Å². The van der Waals surface area contributed by atoms with Gasteiger partial charge >= 0.3 is 0 Å². The summed E-state index contributed by atoms with van der Waals surface area (Å²) in [6, 6.07) is 7.44. The second kappa shape index (κ2) is 8.17. The van der Waals surface area contributed by atoms with Gasteiger partial charge < -0.3 is 5.32 Å².